The summed E-state index contributed by atoms with van der Waals surface area (Å²) in [4.78, 5) is 23.2. The largest absolute Gasteiger partial charge is 0.364 e. The minimum absolute atomic E-state index is 0.143. The van der Waals surface area contributed by atoms with Crippen LogP contribution in [0.1, 0.15) is 79.1 Å². The molecule has 2 N–H and O–H groups in total. The summed E-state index contributed by atoms with van der Waals surface area (Å²) in [6, 6.07) is 0. The highest BCUT2D eigenvalue weighted by Crippen LogP contribution is 2.29. The van der Waals surface area contributed by atoms with Gasteiger partial charge in [-0.15, -0.1) is 0 Å². The molecule has 5 nitrogen and oxygen atoms in total. The van der Waals surface area contributed by atoms with Crippen LogP contribution in [0, 0.1) is 5.92 Å². The van der Waals surface area contributed by atoms with Crippen molar-refractivity contribution >= 4 is 11.8 Å². The van der Waals surface area contributed by atoms with Crippen LogP contribution in [0.4, 0.5) is 0 Å². The lowest BCUT2D eigenvalue weighted by Crippen LogP contribution is -2.36. The molecule has 0 aliphatic carbocycles. The van der Waals surface area contributed by atoms with E-state index in [1.165, 1.54) is 16.7 Å². The molecule has 0 aromatic carbocycles. The van der Waals surface area contributed by atoms with Crippen LogP contribution in [0.2, 0.25) is 0 Å². The first-order valence-corrected chi connectivity index (χ1v) is 11.1. The lowest BCUT2D eigenvalue weighted by atomic mass is 9.93. The van der Waals surface area contributed by atoms with Crippen LogP contribution >= 0.6 is 0 Å². The van der Waals surface area contributed by atoms with E-state index in [4.69, 9.17) is 4.74 Å². The number of rotatable bonds is 10. The number of aliphatic hydroxyl groups excluding tert-OH is 1. The molecule has 2 rings (SSSR count). The van der Waals surface area contributed by atoms with E-state index < -0.39 is 18.3 Å². The molecule has 0 aromatic rings. The van der Waals surface area contributed by atoms with Gasteiger partial charge in [0.1, 0.15) is 0 Å². The van der Waals surface area contributed by atoms with Crippen molar-refractivity contribution in [3.05, 3.63) is 46.6 Å². The smallest absolute Gasteiger partial charge is 0.232 e. The van der Waals surface area contributed by atoms with E-state index in [0.717, 1.165) is 44.1 Å². The van der Waals surface area contributed by atoms with E-state index in [1.54, 1.807) is 0 Å². The Kier molecular flexibility index (Phi) is 9.73. The van der Waals surface area contributed by atoms with Gasteiger partial charge in [-0.3, -0.25) is 14.9 Å². The topological polar surface area (TPSA) is 75.6 Å². The Morgan fingerprint density at radius 2 is 1.70 bits per heavy atom. The number of allylic oxidation sites excluding steroid dienone is 6. The van der Waals surface area contributed by atoms with Crippen molar-refractivity contribution in [2.24, 2.45) is 5.92 Å². The summed E-state index contributed by atoms with van der Waals surface area (Å²) < 4.78 is 5.64. The Labute approximate surface area is 181 Å². The number of hydrogen-bond donors (Lipinski definition) is 2. The van der Waals surface area contributed by atoms with Crippen molar-refractivity contribution < 1.29 is 19.4 Å². The first-order valence-electron chi connectivity index (χ1n) is 11.1. The van der Waals surface area contributed by atoms with E-state index in [9.17, 15) is 14.7 Å². The third-order valence-electron chi connectivity index (χ3n) is 5.74. The van der Waals surface area contributed by atoms with E-state index >= 15 is 0 Å². The maximum absolute atomic E-state index is 11.8. The molecule has 0 bridgehead atoms. The molecule has 2 aliphatic heterocycles. The van der Waals surface area contributed by atoms with Crippen molar-refractivity contribution in [3.8, 4) is 0 Å². The molecular formula is C25H37NO4. The number of nitrogens with one attached hydrogen (secondary N) is 1. The molecule has 0 spiro atoms. The van der Waals surface area contributed by atoms with E-state index in [-0.39, 0.29) is 18.2 Å². The molecule has 2 amide bonds. The number of hydrogen-bond acceptors (Lipinski definition) is 4. The third kappa shape index (κ3) is 8.04. The van der Waals surface area contributed by atoms with Gasteiger partial charge in [0.15, 0.2) is 6.29 Å². The van der Waals surface area contributed by atoms with E-state index in [0.29, 0.717) is 6.42 Å². The first-order chi connectivity index (χ1) is 14.3. The molecule has 0 aromatic heterocycles. The summed E-state index contributed by atoms with van der Waals surface area (Å²) in [6.45, 7) is 8.62. The monoisotopic (exact) mass is 415 g/mol. The molecule has 0 radical (unpaired) electrons. The second kappa shape index (κ2) is 12.0. The Hall–Kier alpha value is -1.98. The predicted molar refractivity (Wildman–Crippen MR) is 119 cm³/mol. The fourth-order valence-electron chi connectivity index (χ4n) is 3.86. The quantitative estimate of drug-likeness (QED) is 0.394. The van der Waals surface area contributed by atoms with Gasteiger partial charge in [0.05, 0.1) is 12.0 Å². The number of carbonyl (C=O) groups is 2. The Morgan fingerprint density at radius 1 is 1.07 bits per heavy atom. The van der Waals surface area contributed by atoms with Crippen molar-refractivity contribution in [3.63, 3.8) is 0 Å². The molecule has 166 valence electrons. The number of aliphatic hydroxyl groups is 1. The molecule has 5 heteroatoms. The third-order valence-corrected chi connectivity index (χ3v) is 5.74. The van der Waals surface area contributed by atoms with Gasteiger partial charge < -0.3 is 9.84 Å². The number of carbonyl (C=O) groups excluding carboxylic acids is 2. The van der Waals surface area contributed by atoms with Crippen molar-refractivity contribution in [2.45, 2.75) is 91.5 Å². The zero-order valence-electron chi connectivity index (χ0n) is 18.9. The average molecular weight is 416 g/mol. The number of amides is 2. The van der Waals surface area contributed by atoms with Crippen LogP contribution in [0.25, 0.3) is 0 Å². The van der Waals surface area contributed by atoms with Gasteiger partial charge >= 0.3 is 0 Å². The van der Waals surface area contributed by atoms with E-state index in [2.05, 4.69) is 51.2 Å². The summed E-state index contributed by atoms with van der Waals surface area (Å²) in [5, 5.41) is 12.6. The highest BCUT2D eigenvalue weighted by molar-refractivity contribution is 6.03. The van der Waals surface area contributed by atoms with Crippen LogP contribution in [0.15, 0.2) is 46.6 Å². The highest BCUT2D eigenvalue weighted by atomic mass is 16.6. The average Bonchev–Trinajstić information content (AvgIpc) is 3.01. The van der Waals surface area contributed by atoms with E-state index in [1.807, 2.05) is 6.08 Å². The summed E-state index contributed by atoms with van der Waals surface area (Å²) in [6.07, 6.45) is 14.0. The van der Waals surface area contributed by atoms with Crippen molar-refractivity contribution in [1.29, 1.82) is 0 Å². The summed E-state index contributed by atoms with van der Waals surface area (Å²) in [7, 11) is 0. The van der Waals surface area contributed by atoms with Crippen LogP contribution in [-0.2, 0) is 14.3 Å². The Balaban J connectivity index is 1.72. The minimum atomic E-state index is -0.993. The van der Waals surface area contributed by atoms with Gasteiger partial charge in [-0.1, -0.05) is 41.0 Å². The Bertz CT molecular complexity index is 740. The molecule has 1 saturated heterocycles. The number of ether oxygens (including phenoxy) is 1. The fourth-order valence-corrected chi connectivity index (χ4v) is 3.86. The molecule has 3 unspecified atom stereocenters. The van der Waals surface area contributed by atoms with Crippen LogP contribution in [0.3, 0.4) is 0 Å². The molecular weight excluding hydrogens is 378 g/mol. The molecule has 3 atom stereocenters. The summed E-state index contributed by atoms with van der Waals surface area (Å²) >= 11 is 0. The zero-order chi connectivity index (χ0) is 22.1. The molecule has 30 heavy (non-hydrogen) atoms. The van der Waals surface area contributed by atoms with Crippen LogP contribution < -0.4 is 5.32 Å². The molecule has 2 aliphatic rings. The van der Waals surface area contributed by atoms with Crippen LogP contribution in [0.5, 0.6) is 0 Å². The van der Waals surface area contributed by atoms with Crippen molar-refractivity contribution in [1.82, 2.24) is 5.32 Å². The standard InChI is InChI=1S/C25H37NO4/c1-17(2)8-5-9-18(3)10-6-11-19(4)12-7-13-20-14-15-22(30-25(20)29)21-16-23(27)26-24(21)28/h8,10,12,14,21-22,25,29H,5-7,9,11,13,15-16H2,1-4H3,(H,26,27,28). The molecule has 2 heterocycles. The SMILES string of the molecule is CC(C)=CCCC(C)=CCCC(C)=CCCC1=CCC(C2CC(=O)NC2=O)OC1O. The van der Waals surface area contributed by atoms with Gasteiger partial charge in [0, 0.05) is 6.42 Å². The van der Waals surface area contributed by atoms with Crippen molar-refractivity contribution in [2.75, 3.05) is 0 Å². The first kappa shape index (κ1) is 24.3. The second-order valence-electron chi connectivity index (χ2n) is 8.76. The predicted octanol–water partition coefficient (Wildman–Crippen LogP) is 4.88. The van der Waals surface area contributed by atoms with Gasteiger partial charge in [-0.2, -0.15) is 0 Å². The van der Waals surface area contributed by atoms with Crippen LogP contribution in [-0.4, -0.2) is 29.3 Å². The second-order valence-corrected chi connectivity index (χ2v) is 8.76. The lowest BCUT2D eigenvalue weighted by Gasteiger charge is -2.29. The van der Waals surface area contributed by atoms with Gasteiger partial charge in [0.2, 0.25) is 11.8 Å². The lowest BCUT2D eigenvalue weighted by molar-refractivity contribution is -0.149. The summed E-state index contributed by atoms with van der Waals surface area (Å²) in [5.74, 6) is -1.06. The fraction of sp³-hybridized carbons (Fsp3) is 0.600. The zero-order valence-corrected chi connectivity index (χ0v) is 18.9. The summed E-state index contributed by atoms with van der Waals surface area (Å²) in [5.41, 5.74) is 5.03. The maximum Gasteiger partial charge on any atom is 0.232 e. The van der Waals surface area contributed by atoms with Gasteiger partial charge in [-0.05, 0) is 78.2 Å². The highest BCUT2D eigenvalue weighted by Gasteiger charge is 2.39. The van der Waals surface area contributed by atoms with Gasteiger partial charge in [-0.25, -0.2) is 0 Å². The van der Waals surface area contributed by atoms with Gasteiger partial charge in [0.25, 0.3) is 0 Å². The normalized spacial score (nSPS) is 25.2. The molecule has 0 saturated carbocycles. The minimum Gasteiger partial charge on any atom is -0.364 e. The maximum atomic E-state index is 11.8. The molecule has 1 fully saturated rings. The Morgan fingerprint density at radius 3 is 2.27 bits per heavy atom. The number of imide groups is 1.